The summed E-state index contributed by atoms with van der Waals surface area (Å²) in [4.78, 5) is 0.0494. The van der Waals surface area contributed by atoms with E-state index in [1.165, 1.54) is 12.1 Å². The van der Waals surface area contributed by atoms with Crippen LogP contribution in [0, 0.1) is 6.92 Å². The highest BCUT2D eigenvalue weighted by atomic mass is 32.2. The average molecular weight is 310 g/mol. The fourth-order valence-electron chi connectivity index (χ4n) is 1.66. The first kappa shape index (κ1) is 16.8. The van der Waals surface area contributed by atoms with Gasteiger partial charge >= 0.3 is 6.18 Å². The topological polar surface area (TPSA) is 72.2 Å². The lowest BCUT2D eigenvalue weighted by molar-refractivity contribution is -0.135. The molecule has 0 unspecified atom stereocenters. The van der Waals surface area contributed by atoms with Gasteiger partial charge in [0.1, 0.15) is 0 Å². The summed E-state index contributed by atoms with van der Waals surface area (Å²) in [5, 5.41) is 0. The highest BCUT2D eigenvalue weighted by Crippen LogP contribution is 2.22. The molecule has 0 atom stereocenters. The molecule has 0 radical (unpaired) electrons. The molecule has 4 nitrogen and oxygen atoms in total. The minimum absolute atomic E-state index is 0.0351. The Bertz CT molecular complexity index is 556. The molecular weight excluding hydrogens is 293 g/mol. The van der Waals surface area contributed by atoms with Gasteiger partial charge in [-0.25, -0.2) is 13.1 Å². The molecule has 0 saturated carbocycles. The van der Waals surface area contributed by atoms with Crippen LogP contribution >= 0.6 is 0 Å². The fourth-order valence-corrected chi connectivity index (χ4v) is 3.00. The first-order valence-corrected chi connectivity index (χ1v) is 7.53. The summed E-state index contributed by atoms with van der Waals surface area (Å²) in [5.74, 6) is 0. The Balaban J connectivity index is 2.57. The van der Waals surface area contributed by atoms with Gasteiger partial charge in [-0.2, -0.15) is 13.2 Å². The molecule has 1 aromatic carbocycles. The molecule has 0 heterocycles. The van der Waals surface area contributed by atoms with Crippen LogP contribution in [0.25, 0.3) is 0 Å². The van der Waals surface area contributed by atoms with E-state index in [1.54, 1.807) is 13.0 Å². The van der Waals surface area contributed by atoms with E-state index in [9.17, 15) is 21.6 Å². The quantitative estimate of drug-likeness (QED) is 0.626. The second-order valence-electron chi connectivity index (χ2n) is 4.44. The van der Waals surface area contributed by atoms with Crippen LogP contribution in [-0.4, -0.2) is 21.1 Å². The van der Waals surface area contributed by atoms with E-state index in [0.717, 1.165) is 0 Å². The first-order chi connectivity index (χ1) is 9.13. The van der Waals surface area contributed by atoms with Gasteiger partial charge in [0.2, 0.25) is 10.0 Å². The Hall–Kier alpha value is -1.28. The third-order valence-electron chi connectivity index (χ3n) is 2.79. The molecule has 0 saturated heterocycles. The van der Waals surface area contributed by atoms with E-state index < -0.39 is 22.6 Å². The van der Waals surface area contributed by atoms with Crippen LogP contribution in [0.2, 0.25) is 0 Å². The van der Waals surface area contributed by atoms with Gasteiger partial charge in [-0.1, -0.05) is 6.07 Å². The van der Waals surface area contributed by atoms with Crippen molar-refractivity contribution in [3.63, 3.8) is 0 Å². The lowest BCUT2D eigenvalue weighted by Crippen LogP contribution is -2.26. The smallest absolute Gasteiger partial charge is 0.389 e. The lowest BCUT2D eigenvalue weighted by Gasteiger charge is -2.11. The number of alkyl halides is 3. The number of benzene rings is 1. The van der Waals surface area contributed by atoms with Gasteiger partial charge in [0.25, 0.3) is 0 Å². The largest absolute Gasteiger partial charge is 0.398 e. The van der Waals surface area contributed by atoms with Gasteiger partial charge in [-0.05, 0) is 37.5 Å². The summed E-state index contributed by atoms with van der Waals surface area (Å²) in [6, 6.07) is 4.50. The van der Waals surface area contributed by atoms with Crippen molar-refractivity contribution in [3.05, 3.63) is 23.8 Å². The molecule has 114 valence electrons. The van der Waals surface area contributed by atoms with Crippen molar-refractivity contribution in [2.45, 2.75) is 37.3 Å². The minimum atomic E-state index is -4.21. The average Bonchev–Trinajstić information content (AvgIpc) is 2.30. The normalized spacial score (nSPS) is 12.6. The zero-order valence-corrected chi connectivity index (χ0v) is 11.8. The summed E-state index contributed by atoms with van der Waals surface area (Å²) in [6.07, 6.45) is -5.10. The Morgan fingerprint density at radius 2 is 1.90 bits per heavy atom. The number of hydrogen-bond donors (Lipinski definition) is 2. The molecule has 3 N–H and O–H groups in total. The number of nitrogen functional groups attached to an aromatic ring is 1. The maximum absolute atomic E-state index is 12.0. The van der Waals surface area contributed by atoms with Gasteiger partial charge in [-0.15, -0.1) is 0 Å². The molecule has 1 rings (SSSR count). The summed E-state index contributed by atoms with van der Waals surface area (Å²) >= 11 is 0. The van der Waals surface area contributed by atoms with Crippen molar-refractivity contribution in [3.8, 4) is 0 Å². The van der Waals surface area contributed by atoms with Crippen LogP contribution in [-0.2, 0) is 10.0 Å². The van der Waals surface area contributed by atoms with Crippen LogP contribution in [0.4, 0.5) is 18.9 Å². The van der Waals surface area contributed by atoms with E-state index in [4.69, 9.17) is 5.73 Å². The van der Waals surface area contributed by atoms with E-state index in [1.807, 2.05) is 0 Å². The summed E-state index contributed by atoms with van der Waals surface area (Å²) < 4.78 is 62.0. The summed E-state index contributed by atoms with van der Waals surface area (Å²) in [5.41, 5.74) is 6.40. The maximum atomic E-state index is 12.0. The standard InChI is InChI=1S/C12H17F3N2O2S/c1-9-10(16)5-4-6-11(9)20(18,19)17-8-3-2-7-12(13,14)15/h4-6,17H,2-3,7-8,16H2,1H3. The molecule has 8 heteroatoms. The lowest BCUT2D eigenvalue weighted by atomic mass is 10.2. The van der Waals surface area contributed by atoms with Crippen LogP contribution in [0.1, 0.15) is 24.8 Å². The fraction of sp³-hybridized carbons (Fsp3) is 0.500. The van der Waals surface area contributed by atoms with E-state index >= 15 is 0 Å². The SMILES string of the molecule is Cc1c(N)cccc1S(=O)(=O)NCCCCC(F)(F)F. The number of hydrogen-bond acceptors (Lipinski definition) is 3. The molecular formula is C12H17F3N2O2S. The first-order valence-electron chi connectivity index (χ1n) is 6.05. The third-order valence-corrected chi connectivity index (χ3v) is 4.40. The second kappa shape index (κ2) is 6.45. The summed E-state index contributed by atoms with van der Waals surface area (Å²) in [7, 11) is -3.74. The van der Waals surface area contributed by atoms with Crippen LogP contribution < -0.4 is 10.5 Å². The van der Waals surface area contributed by atoms with E-state index in [0.29, 0.717) is 11.3 Å². The monoisotopic (exact) mass is 310 g/mol. The zero-order valence-electron chi connectivity index (χ0n) is 11.0. The minimum Gasteiger partial charge on any atom is -0.398 e. The molecule has 0 aliphatic carbocycles. The van der Waals surface area contributed by atoms with Crippen LogP contribution in [0.15, 0.2) is 23.1 Å². The van der Waals surface area contributed by atoms with Crippen molar-refractivity contribution < 1.29 is 21.6 Å². The molecule has 20 heavy (non-hydrogen) atoms. The van der Waals surface area contributed by atoms with Gasteiger partial charge in [0, 0.05) is 18.7 Å². The van der Waals surface area contributed by atoms with Crippen molar-refractivity contribution >= 4 is 15.7 Å². The second-order valence-corrected chi connectivity index (χ2v) is 6.18. The van der Waals surface area contributed by atoms with Gasteiger partial charge in [0.05, 0.1) is 4.90 Å². The van der Waals surface area contributed by atoms with Crippen molar-refractivity contribution in [1.82, 2.24) is 4.72 Å². The number of nitrogens with one attached hydrogen (secondary N) is 1. The predicted molar refractivity (Wildman–Crippen MR) is 70.7 cm³/mol. The Labute approximate surface area is 116 Å². The van der Waals surface area contributed by atoms with Gasteiger partial charge < -0.3 is 5.73 Å². The molecule has 0 fully saturated rings. The number of rotatable bonds is 6. The Morgan fingerprint density at radius 3 is 2.50 bits per heavy atom. The highest BCUT2D eigenvalue weighted by Gasteiger charge is 2.26. The van der Waals surface area contributed by atoms with Crippen LogP contribution in [0.3, 0.4) is 0 Å². The number of unbranched alkanes of at least 4 members (excludes halogenated alkanes) is 1. The Kier molecular flexibility index (Phi) is 5.41. The number of sulfonamides is 1. The van der Waals surface area contributed by atoms with Gasteiger partial charge in [-0.3, -0.25) is 0 Å². The van der Waals surface area contributed by atoms with E-state index in [2.05, 4.69) is 4.72 Å². The zero-order chi connectivity index (χ0) is 15.4. The number of nitrogens with two attached hydrogens (primary N) is 1. The van der Waals surface area contributed by atoms with Crippen molar-refractivity contribution in [2.75, 3.05) is 12.3 Å². The van der Waals surface area contributed by atoms with E-state index in [-0.39, 0.29) is 24.3 Å². The number of halogens is 3. The Morgan fingerprint density at radius 1 is 1.25 bits per heavy atom. The highest BCUT2D eigenvalue weighted by molar-refractivity contribution is 7.89. The molecule has 0 aromatic heterocycles. The molecule has 0 spiro atoms. The molecule has 0 bridgehead atoms. The molecule has 0 amide bonds. The van der Waals surface area contributed by atoms with Crippen molar-refractivity contribution in [1.29, 1.82) is 0 Å². The third kappa shape index (κ3) is 5.01. The maximum Gasteiger partial charge on any atom is 0.389 e. The number of anilines is 1. The molecule has 1 aromatic rings. The van der Waals surface area contributed by atoms with Crippen molar-refractivity contribution in [2.24, 2.45) is 0 Å². The van der Waals surface area contributed by atoms with Gasteiger partial charge in [0.15, 0.2) is 0 Å². The van der Waals surface area contributed by atoms with Crippen LogP contribution in [0.5, 0.6) is 0 Å². The molecule has 0 aliphatic heterocycles. The predicted octanol–water partition coefficient (Wildman–Crippen LogP) is 2.59. The summed E-state index contributed by atoms with van der Waals surface area (Å²) in [6.45, 7) is 1.54. The molecule has 0 aliphatic rings.